The second-order valence-electron chi connectivity index (χ2n) is 7.22. The molecule has 0 bridgehead atoms. The normalized spacial score (nSPS) is 24.5. The number of hydrogen-bond acceptors (Lipinski definition) is 4. The van der Waals surface area contributed by atoms with E-state index in [1.807, 2.05) is 30.3 Å². The minimum Gasteiger partial charge on any atom is -0.376 e. The Labute approximate surface area is 143 Å². The highest BCUT2D eigenvalue weighted by molar-refractivity contribution is 5.13. The Morgan fingerprint density at radius 2 is 2.00 bits per heavy atom. The van der Waals surface area contributed by atoms with E-state index in [9.17, 15) is 0 Å². The van der Waals surface area contributed by atoms with E-state index in [1.54, 1.807) is 0 Å². The van der Waals surface area contributed by atoms with Gasteiger partial charge >= 0.3 is 0 Å². The Kier molecular flexibility index (Phi) is 4.63. The zero-order valence-electron chi connectivity index (χ0n) is 14.3. The fourth-order valence-corrected chi connectivity index (χ4v) is 3.62. The van der Waals surface area contributed by atoms with Gasteiger partial charge in [0.25, 0.3) is 0 Å². The summed E-state index contributed by atoms with van der Waals surface area (Å²) < 4.78 is 8.19. The second kappa shape index (κ2) is 7.03. The smallest absolute Gasteiger partial charge is 0.0745 e. The summed E-state index contributed by atoms with van der Waals surface area (Å²) in [6, 6.07) is 4.65. The van der Waals surface area contributed by atoms with E-state index < -0.39 is 0 Å². The van der Waals surface area contributed by atoms with Crippen LogP contribution in [-0.2, 0) is 24.8 Å². The second-order valence-corrected chi connectivity index (χ2v) is 7.22. The Balaban J connectivity index is 1.46. The SMILES string of the molecule is Cn1cc(C[C@@H]2[C@@H](OCC3CC3)CCN2Cc2ccncc2)cn1. The molecule has 2 fully saturated rings. The lowest BCUT2D eigenvalue weighted by Gasteiger charge is -2.28. The zero-order chi connectivity index (χ0) is 16.4. The Morgan fingerprint density at radius 1 is 1.17 bits per heavy atom. The molecule has 0 N–H and O–H groups in total. The third-order valence-electron chi connectivity index (χ3n) is 5.18. The average molecular weight is 326 g/mol. The highest BCUT2D eigenvalue weighted by Gasteiger charge is 2.36. The van der Waals surface area contributed by atoms with Crippen LogP contribution in [0.5, 0.6) is 0 Å². The van der Waals surface area contributed by atoms with E-state index in [4.69, 9.17) is 4.74 Å². The van der Waals surface area contributed by atoms with E-state index in [1.165, 1.54) is 24.0 Å². The van der Waals surface area contributed by atoms with Gasteiger partial charge in [0.15, 0.2) is 0 Å². The number of rotatable bonds is 7. The van der Waals surface area contributed by atoms with Gasteiger partial charge in [-0.1, -0.05) is 0 Å². The molecule has 2 aromatic heterocycles. The molecule has 2 aliphatic rings. The number of hydrogen-bond donors (Lipinski definition) is 0. The summed E-state index contributed by atoms with van der Waals surface area (Å²) in [6.45, 7) is 3.01. The molecule has 4 rings (SSSR count). The Hall–Kier alpha value is -1.72. The molecule has 0 amide bonds. The van der Waals surface area contributed by atoms with Gasteiger partial charge in [0.05, 0.1) is 12.3 Å². The van der Waals surface area contributed by atoms with Gasteiger partial charge in [-0.25, -0.2) is 0 Å². The fraction of sp³-hybridized carbons (Fsp3) is 0.579. The van der Waals surface area contributed by atoms with Crippen LogP contribution in [0.1, 0.15) is 30.4 Å². The van der Waals surface area contributed by atoms with Crippen molar-refractivity contribution in [3.8, 4) is 0 Å². The van der Waals surface area contributed by atoms with Crippen molar-refractivity contribution >= 4 is 0 Å². The maximum Gasteiger partial charge on any atom is 0.0745 e. The van der Waals surface area contributed by atoms with Crippen molar-refractivity contribution in [3.05, 3.63) is 48.0 Å². The molecule has 0 spiro atoms. The van der Waals surface area contributed by atoms with Crippen LogP contribution in [0.15, 0.2) is 36.9 Å². The number of pyridine rings is 1. The monoisotopic (exact) mass is 326 g/mol. The summed E-state index contributed by atoms with van der Waals surface area (Å²) in [5, 5.41) is 4.33. The summed E-state index contributed by atoms with van der Waals surface area (Å²) in [5.41, 5.74) is 2.62. The Morgan fingerprint density at radius 3 is 2.71 bits per heavy atom. The molecule has 5 nitrogen and oxygen atoms in total. The van der Waals surface area contributed by atoms with E-state index in [0.717, 1.165) is 38.5 Å². The summed E-state index contributed by atoms with van der Waals surface area (Å²) in [4.78, 5) is 6.70. The predicted octanol–water partition coefficient (Wildman–Crippen LogP) is 2.43. The standard InChI is InChI=1S/C19H26N4O/c1-22-12-17(11-21-22)10-18-19(24-14-16-2-3-16)6-9-23(18)13-15-4-7-20-8-5-15/h4-5,7-8,11-12,16,18-19H,2-3,6,9-10,13-14H2,1H3/t18-,19+/m1/s1. The van der Waals surface area contributed by atoms with E-state index in [0.29, 0.717) is 12.1 Å². The van der Waals surface area contributed by atoms with Gasteiger partial charge in [0, 0.05) is 51.4 Å². The molecule has 1 saturated heterocycles. The maximum atomic E-state index is 6.31. The molecule has 1 saturated carbocycles. The van der Waals surface area contributed by atoms with Crippen LogP contribution in [0.3, 0.4) is 0 Å². The largest absolute Gasteiger partial charge is 0.376 e. The fourth-order valence-electron chi connectivity index (χ4n) is 3.62. The Bertz CT molecular complexity index is 652. The van der Waals surface area contributed by atoms with Gasteiger partial charge in [0.2, 0.25) is 0 Å². The molecule has 2 atom stereocenters. The molecule has 1 aliphatic carbocycles. The number of likely N-dealkylation sites (tertiary alicyclic amines) is 1. The quantitative estimate of drug-likeness (QED) is 0.784. The van der Waals surface area contributed by atoms with Gasteiger partial charge in [-0.15, -0.1) is 0 Å². The predicted molar refractivity (Wildman–Crippen MR) is 92.4 cm³/mol. The van der Waals surface area contributed by atoms with Crippen molar-refractivity contribution < 1.29 is 4.74 Å². The first-order valence-corrected chi connectivity index (χ1v) is 9.00. The van der Waals surface area contributed by atoms with E-state index in [-0.39, 0.29) is 0 Å². The molecule has 2 aromatic rings. The molecule has 0 radical (unpaired) electrons. The lowest BCUT2D eigenvalue weighted by Crippen LogP contribution is -2.38. The number of aryl methyl sites for hydroxylation is 1. The number of ether oxygens (including phenoxy) is 1. The summed E-state index contributed by atoms with van der Waals surface area (Å²) in [6.07, 6.45) is 13.0. The van der Waals surface area contributed by atoms with Gasteiger partial charge < -0.3 is 4.74 Å². The van der Waals surface area contributed by atoms with Crippen molar-refractivity contribution in [1.29, 1.82) is 0 Å². The third-order valence-corrected chi connectivity index (χ3v) is 5.18. The summed E-state index contributed by atoms with van der Waals surface area (Å²) >= 11 is 0. The van der Waals surface area contributed by atoms with Crippen LogP contribution < -0.4 is 0 Å². The first kappa shape index (κ1) is 15.8. The lowest BCUT2D eigenvalue weighted by molar-refractivity contribution is 0.0196. The molecular formula is C19H26N4O. The number of aromatic nitrogens is 3. The van der Waals surface area contributed by atoms with Gasteiger partial charge in [0.1, 0.15) is 0 Å². The molecule has 0 aromatic carbocycles. The third kappa shape index (κ3) is 3.84. The molecule has 1 aliphatic heterocycles. The van der Waals surface area contributed by atoms with Crippen molar-refractivity contribution in [2.45, 2.75) is 44.4 Å². The minimum absolute atomic E-state index is 0.340. The van der Waals surface area contributed by atoms with Crippen molar-refractivity contribution in [2.24, 2.45) is 13.0 Å². The van der Waals surface area contributed by atoms with Crippen molar-refractivity contribution in [1.82, 2.24) is 19.7 Å². The van der Waals surface area contributed by atoms with Crippen LogP contribution in [0.25, 0.3) is 0 Å². The van der Waals surface area contributed by atoms with Crippen LogP contribution in [-0.4, -0.2) is 45.0 Å². The minimum atomic E-state index is 0.340. The first-order chi connectivity index (χ1) is 11.8. The first-order valence-electron chi connectivity index (χ1n) is 9.00. The highest BCUT2D eigenvalue weighted by atomic mass is 16.5. The van der Waals surface area contributed by atoms with Gasteiger partial charge in [-0.3, -0.25) is 14.6 Å². The summed E-state index contributed by atoms with van der Waals surface area (Å²) in [5.74, 6) is 0.818. The number of nitrogens with zero attached hydrogens (tertiary/aromatic N) is 4. The van der Waals surface area contributed by atoms with Crippen molar-refractivity contribution in [2.75, 3.05) is 13.2 Å². The molecule has 128 valence electrons. The molecular weight excluding hydrogens is 300 g/mol. The molecule has 0 unspecified atom stereocenters. The van der Waals surface area contributed by atoms with Crippen LogP contribution in [0.4, 0.5) is 0 Å². The van der Waals surface area contributed by atoms with Gasteiger partial charge in [-0.05, 0) is 54.9 Å². The van der Waals surface area contributed by atoms with Crippen molar-refractivity contribution in [3.63, 3.8) is 0 Å². The van der Waals surface area contributed by atoms with E-state index in [2.05, 4.69) is 33.3 Å². The van der Waals surface area contributed by atoms with E-state index >= 15 is 0 Å². The highest BCUT2D eigenvalue weighted by Crippen LogP contribution is 2.32. The van der Waals surface area contributed by atoms with Crippen LogP contribution in [0, 0.1) is 5.92 Å². The topological polar surface area (TPSA) is 43.2 Å². The lowest BCUT2D eigenvalue weighted by atomic mass is 10.0. The maximum absolute atomic E-state index is 6.31. The van der Waals surface area contributed by atoms with Crippen LogP contribution in [0.2, 0.25) is 0 Å². The zero-order valence-corrected chi connectivity index (χ0v) is 14.3. The molecule has 5 heteroatoms. The summed E-state index contributed by atoms with van der Waals surface area (Å²) in [7, 11) is 1.98. The molecule has 3 heterocycles. The van der Waals surface area contributed by atoms with Crippen LogP contribution >= 0.6 is 0 Å². The molecule has 24 heavy (non-hydrogen) atoms. The average Bonchev–Trinajstić information content (AvgIpc) is 3.23. The van der Waals surface area contributed by atoms with Gasteiger partial charge in [-0.2, -0.15) is 5.10 Å².